The average molecular weight is 476 g/mol. The minimum absolute atomic E-state index is 0.0700. The van der Waals surface area contributed by atoms with Crippen molar-refractivity contribution in [2.75, 3.05) is 6.54 Å². The Morgan fingerprint density at radius 1 is 0.971 bits per heavy atom. The molecule has 0 radical (unpaired) electrons. The molecule has 2 saturated carbocycles. The fraction of sp³-hybridized carbons (Fsp3) is 0.444. The van der Waals surface area contributed by atoms with E-state index in [1.165, 1.54) is 19.0 Å². The number of carbonyl (C=O) groups is 1. The number of benzene rings is 1. The maximum absolute atomic E-state index is 13.4. The zero-order valence-electron chi connectivity index (χ0n) is 19.1. The Labute approximate surface area is 200 Å². The summed E-state index contributed by atoms with van der Waals surface area (Å²) in [5.41, 5.74) is 2.46. The van der Waals surface area contributed by atoms with E-state index >= 15 is 0 Å². The number of nitrogens with one attached hydrogen (secondary N) is 1. The molecule has 1 spiro atoms. The van der Waals surface area contributed by atoms with Gasteiger partial charge >= 0.3 is 0 Å². The Balaban J connectivity index is 1.16. The largest absolute Gasteiger partial charge is 0.304 e. The second-order valence-corrected chi connectivity index (χ2v) is 12.5. The van der Waals surface area contributed by atoms with E-state index in [2.05, 4.69) is 15.3 Å². The van der Waals surface area contributed by atoms with Crippen molar-refractivity contribution in [3.05, 3.63) is 54.9 Å². The number of rotatable bonds is 4. The summed E-state index contributed by atoms with van der Waals surface area (Å²) in [4.78, 5) is 21.5. The summed E-state index contributed by atoms with van der Waals surface area (Å²) < 4.78 is 26.8. The number of aromatic nitrogens is 2. The van der Waals surface area contributed by atoms with Crippen molar-refractivity contribution in [1.82, 2.24) is 15.3 Å². The molecule has 7 heteroatoms. The Bertz CT molecular complexity index is 1340. The van der Waals surface area contributed by atoms with Crippen LogP contribution in [0.1, 0.15) is 44.9 Å². The molecule has 1 N–H and O–H groups in total. The summed E-state index contributed by atoms with van der Waals surface area (Å²) in [6.45, 7) is 0.439. The summed E-state index contributed by atoms with van der Waals surface area (Å²) in [5.74, 6) is 1.09. The molecule has 1 saturated heterocycles. The van der Waals surface area contributed by atoms with E-state index in [4.69, 9.17) is 0 Å². The van der Waals surface area contributed by atoms with E-state index in [9.17, 15) is 13.2 Å². The summed E-state index contributed by atoms with van der Waals surface area (Å²) in [7, 11) is -3.45. The van der Waals surface area contributed by atoms with Gasteiger partial charge in [0, 0.05) is 34.8 Å². The lowest BCUT2D eigenvalue weighted by atomic mass is 9.71. The molecule has 3 heterocycles. The second-order valence-electron chi connectivity index (χ2n) is 10.3. The number of piperidine rings is 1. The molecule has 3 fully saturated rings. The van der Waals surface area contributed by atoms with E-state index in [1.54, 1.807) is 18.3 Å². The van der Waals surface area contributed by atoms with Crippen molar-refractivity contribution in [3.63, 3.8) is 0 Å². The second kappa shape index (κ2) is 8.24. The lowest BCUT2D eigenvalue weighted by Gasteiger charge is -2.45. The monoisotopic (exact) mass is 475 g/mol. The highest BCUT2D eigenvalue weighted by Crippen LogP contribution is 2.46. The van der Waals surface area contributed by atoms with Crippen LogP contribution in [0.3, 0.4) is 0 Å². The van der Waals surface area contributed by atoms with Crippen molar-refractivity contribution in [3.8, 4) is 11.3 Å². The highest BCUT2D eigenvalue weighted by atomic mass is 32.2. The van der Waals surface area contributed by atoms with Crippen LogP contribution < -0.4 is 5.32 Å². The molecule has 6 nitrogen and oxygen atoms in total. The molecule has 6 rings (SSSR count). The third-order valence-electron chi connectivity index (χ3n) is 8.15. The maximum atomic E-state index is 13.4. The smallest absolute Gasteiger partial charge is 0.182 e. The van der Waals surface area contributed by atoms with Gasteiger partial charge in [-0.05, 0) is 75.1 Å². The predicted octanol–water partition coefficient (Wildman–Crippen LogP) is 4.34. The number of pyridine rings is 2. The first-order valence-electron chi connectivity index (χ1n) is 12.3. The van der Waals surface area contributed by atoms with E-state index in [0.717, 1.165) is 41.4 Å². The molecule has 1 aliphatic heterocycles. The fourth-order valence-corrected chi connectivity index (χ4v) is 7.61. The van der Waals surface area contributed by atoms with Gasteiger partial charge in [0.2, 0.25) is 0 Å². The lowest BCUT2D eigenvalue weighted by Crippen LogP contribution is -2.57. The van der Waals surface area contributed by atoms with Gasteiger partial charge in [-0.15, -0.1) is 0 Å². The molecule has 1 atom stereocenters. The highest BCUT2D eigenvalue weighted by Gasteiger charge is 2.48. The van der Waals surface area contributed by atoms with E-state index in [1.807, 2.05) is 30.3 Å². The van der Waals surface area contributed by atoms with Gasteiger partial charge in [0.1, 0.15) is 5.78 Å². The van der Waals surface area contributed by atoms with Crippen LogP contribution in [0.2, 0.25) is 0 Å². The summed E-state index contributed by atoms with van der Waals surface area (Å²) in [6, 6.07) is 13.4. The molecule has 176 valence electrons. The van der Waals surface area contributed by atoms with Gasteiger partial charge in [0.05, 0.1) is 27.9 Å². The molecule has 0 bridgehead atoms. The van der Waals surface area contributed by atoms with Crippen molar-refractivity contribution >= 4 is 26.5 Å². The van der Waals surface area contributed by atoms with Gasteiger partial charge in [-0.1, -0.05) is 18.2 Å². The number of hydrogen-bond acceptors (Lipinski definition) is 6. The SMILES string of the molecule is O=C1CNC2(CCC(S(=O)(=O)c3ccc(-c4ccc5cccnc5c4)nc3)CC2)CC1C1CC1. The molecule has 0 amide bonds. The molecule has 3 aromatic rings. The van der Waals surface area contributed by atoms with Crippen molar-refractivity contribution in [2.24, 2.45) is 11.8 Å². The number of Topliss-reactive ketones (excluding diaryl/α,β-unsaturated/α-hetero) is 1. The van der Waals surface area contributed by atoms with Crippen molar-refractivity contribution in [1.29, 1.82) is 0 Å². The van der Waals surface area contributed by atoms with Crippen LogP contribution in [0.25, 0.3) is 22.2 Å². The number of hydrogen-bond donors (Lipinski definition) is 1. The zero-order chi connectivity index (χ0) is 23.3. The van der Waals surface area contributed by atoms with Crippen molar-refractivity contribution < 1.29 is 13.2 Å². The lowest BCUT2D eigenvalue weighted by molar-refractivity contribution is -0.126. The van der Waals surface area contributed by atoms with Crippen LogP contribution in [0.5, 0.6) is 0 Å². The average Bonchev–Trinajstić information content (AvgIpc) is 3.71. The number of fused-ring (bicyclic) bond motifs is 1. The minimum Gasteiger partial charge on any atom is -0.304 e. The normalized spacial score (nSPS) is 27.8. The number of sulfone groups is 1. The Hall–Kier alpha value is -2.64. The molecule has 3 aliphatic rings. The standard InChI is InChI=1S/C27H29N3O3S/c31-26-17-30-27(15-23(26)18-3-4-18)11-9-21(10-12-27)34(32,33)22-7-8-24(29-16-22)20-6-5-19-2-1-13-28-25(19)14-20/h1-2,5-8,13-14,16,18,21,23,30H,3-4,9-12,15,17H2. The van der Waals surface area contributed by atoms with Gasteiger partial charge < -0.3 is 5.32 Å². The Morgan fingerprint density at radius 2 is 1.79 bits per heavy atom. The molecule has 1 unspecified atom stereocenters. The predicted molar refractivity (Wildman–Crippen MR) is 131 cm³/mol. The van der Waals surface area contributed by atoms with Crippen LogP contribution in [0.4, 0.5) is 0 Å². The number of carbonyl (C=O) groups excluding carboxylic acids is 1. The molecule has 2 aromatic heterocycles. The first-order valence-corrected chi connectivity index (χ1v) is 13.8. The third kappa shape index (κ3) is 3.95. The highest BCUT2D eigenvalue weighted by molar-refractivity contribution is 7.92. The van der Waals surface area contributed by atoms with Crippen LogP contribution >= 0.6 is 0 Å². The van der Waals surface area contributed by atoms with Crippen LogP contribution in [0, 0.1) is 11.8 Å². The molecule has 2 aliphatic carbocycles. The van der Waals surface area contributed by atoms with Gasteiger partial charge in [-0.25, -0.2) is 8.42 Å². The maximum Gasteiger partial charge on any atom is 0.182 e. The number of ketones is 1. The molecular formula is C27H29N3O3S. The van der Waals surface area contributed by atoms with Gasteiger partial charge in [-0.2, -0.15) is 0 Å². The Morgan fingerprint density at radius 3 is 2.53 bits per heavy atom. The van der Waals surface area contributed by atoms with Crippen molar-refractivity contribution in [2.45, 2.75) is 60.6 Å². The van der Waals surface area contributed by atoms with E-state index in [0.29, 0.717) is 36.0 Å². The van der Waals surface area contributed by atoms with E-state index in [-0.39, 0.29) is 11.5 Å². The molecular weight excluding hydrogens is 446 g/mol. The first-order chi connectivity index (χ1) is 16.4. The minimum atomic E-state index is -3.45. The number of nitrogens with zero attached hydrogens (tertiary/aromatic N) is 2. The van der Waals surface area contributed by atoms with Crippen LogP contribution in [-0.2, 0) is 14.6 Å². The van der Waals surface area contributed by atoms with Gasteiger partial charge in [0.25, 0.3) is 0 Å². The third-order valence-corrected chi connectivity index (χ3v) is 10.4. The summed E-state index contributed by atoms with van der Waals surface area (Å²) in [6.07, 6.45) is 9.34. The van der Waals surface area contributed by atoms with Crippen LogP contribution in [0.15, 0.2) is 59.8 Å². The topological polar surface area (TPSA) is 89.0 Å². The molecule has 1 aromatic carbocycles. The summed E-state index contributed by atoms with van der Waals surface area (Å²) in [5, 5.41) is 4.15. The summed E-state index contributed by atoms with van der Waals surface area (Å²) >= 11 is 0. The van der Waals surface area contributed by atoms with Gasteiger partial charge in [0.15, 0.2) is 9.84 Å². The quantitative estimate of drug-likeness (QED) is 0.604. The fourth-order valence-electron chi connectivity index (χ4n) is 5.91. The Kier molecular flexibility index (Phi) is 5.30. The van der Waals surface area contributed by atoms with Gasteiger partial charge in [-0.3, -0.25) is 14.8 Å². The van der Waals surface area contributed by atoms with E-state index < -0.39 is 15.1 Å². The zero-order valence-corrected chi connectivity index (χ0v) is 19.9. The van der Waals surface area contributed by atoms with Crippen LogP contribution in [-0.4, -0.2) is 41.5 Å². The first kappa shape index (κ1) is 21.9. The molecule has 34 heavy (non-hydrogen) atoms.